The van der Waals surface area contributed by atoms with E-state index in [0.717, 1.165) is 14.2 Å². The van der Waals surface area contributed by atoms with Crippen LogP contribution in [0.2, 0.25) is 0 Å². The van der Waals surface area contributed by atoms with E-state index in [4.69, 9.17) is 5.73 Å². The molecule has 0 saturated heterocycles. The fourth-order valence-electron chi connectivity index (χ4n) is 1.32. The molecule has 0 aliphatic carbocycles. The second-order valence-electron chi connectivity index (χ2n) is 3.25. The number of nitrogens with two attached hydrogens (primary N) is 1. The first-order chi connectivity index (χ1) is 7.66. The van der Waals surface area contributed by atoms with Gasteiger partial charge in [-0.05, 0) is 34.1 Å². The van der Waals surface area contributed by atoms with Crippen molar-refractivity contribution in [1.29, 1.82) is 0 Å². The van der Waals surface area contributed by atoms with Gasteiger partial charge in [-0.15, -0.1) is 11.3 Å². The molecule has 2 aromatic rings. The number of rotatable bonds is 3. The molecule has 0 radical (unpaired) electrons. The van der Waals surface area contributed by atoms with Crippen molar-refractivity contribution in [1.82, 2.24) is 4.98 Å². The lowest BCUT2D eigenvalue weighted by molar-refractivity contribution is 0.0997. The van der Waals surface area contributed by atoms with Crippen LogP contribution in [0.5, 0.6) is 0 Å². The predicted molar refractivity (Wildman–Crippen MR) is 68.7 cm³/mol. The topological polar surface area (TPSA) is 56.0 Å². The lowest BCUT2D eigenvalue weighted by Crippen LogP contribution is -2.05. The molecule has 0 bridgehead atoms. The van der Waals surface area contributed by atoms with Gasteiger partial charge in [-0.2, -0.15) is 0 Å². The van der Waals surface area contributed by atoms with Gasteiger partial charge >= 0.3 is 0 Å². The minimum absolute atomic E-state index is 0.0652. The number of nitrogens with zero attached hydrogens (tertiary/aromatic N) is 1. The minimum Gasteiger partial charge on any atom is -0.383 e. The Labute approximate surface area is 105 Å². The Bertz CT molecular complexity index is 524. The van der Waals surface area contributed by atoms with Crippen LogP contribution in [0, 0.1) is 0 Å². The number of anilines is 1. The van der Waals surface area contributed by atoms with Crippen molar-refractivity contribution in [2.45, 2.75) is 6.42 Å². The van der Waals surface area contributed by atoms with Crippen LogP contribution in [0.15, 0.2) is 34.2 Å². The summed E-state index contributed by atoms with van der Waals surface area (Å²) in [5.74, 6) is 0.488. The molecule has 0 saturated carbocycles. The van der Waals surface area contributed by atoms with E-state index in [1.165, 1.54) is 11.3 Å². The van der Waals surface area contributed by atoms with Gasteiger partial charge in [0.05, 0.1) is 8.66 Å². The number of ketones is 1. The first-order valence-electron chi connectivity index (χ1n) is 4.64. The number of thiophene rings is 1. The van der Waals surface area contributed by atoms with Crippen LogP contribution in [0.3, 0.4) is 0 Å². The van der Waals surface area contributed by atoms with Gasteiger partial charge in [-0.25, -0.2) is 4.98 Å². The maximum absolute atomic E-state index is 11.9. The second-order valence-corrected chi connectivity index (χ2v) is 5.71. The van der Waals surface area contributed by atoms with Crippen LogP contribution in [0.1, 0.15) is 15.2 Å². The van der Waals surface area contributed by atoms with Gasteiger partial charge in [0.1, 0.15) is 5.82 Å². The van der Waals surface area contributed by atoms with E-state index in [-0.39, 0.29) is 5.78 Å². The number of aromatic nitrogens is 1. The van der Waals surface area contributed by atoms with Gasteiger partial charge < -0.3 is 5.73 Å². The molecule has 2 rings (SSSR count). The molecule has 3 nitrogen and oxygen atoms in total. The van der Waals surface area contributed by atoms with Gasteiger partial charge in [0.15, 0.2) is 5.78 Å². The number of pyridine rings is 1. The lowest BCUT2D eigenvalue weighted by atomic mass is 10.1. The van der Waals surface area contributed by atoms with Crippen LogP contribution in [0.4, 0.5) is 5.82 Å². The first-order valence-corrected chi connectivity index (χ1v) is 6.25. The highest BCUT2D eigenvalue weighted by Crippen LogP contribution is 2.23. The molecule has 0 aromatic carbocycles. The van der Waals surface area contributed by atoms with E-state index in [9.17, 15) is 4.79 Å². The second kappa shape index (κ2) is 4.76. The van der Waals surface area contributed by atoms with Gasteiger partial charge in [0, 0.05) is 18.2 Å². The van der Waals surface area contributed by atoms with Crippen molar-refractivity contribution in [2.24, 2.45) is 0 Å². The Morgan fingerprint density at radius 1 is 1.44 bits per heavy atom. The third-order valence-corrected chi connectivity index (χ3v) is 3.79. The summed E-state index contributed by atoms with van der Waals surface area (Å²) in [6.45, 7) is 0. The monoisotopic (exact) mass is 296 g/mol. The van der Waals surface area contributed by atoms with Crippen LogP contribution in [-0.2, 0) is 6.42 Å². The van der Waals surface area contributed by atoms with Crippen molar-refractivity contribution in [3.8, 4) is 0 Å². The molecule has 2 aromatic heterocycles. The zero-order valence-corrected chi connectivity index (χ0v) is 10.7. The van der Waals surface area contributed by atoms with Crippen LogP contribution < -0.4 is 5.73 Å². The van der Waals surface area contributed by atoms with E-state index in [2.05, 4.69) is 20.9 Å². The minimum atomic E-state index is 0.0652. The third kappa shape index (κ3) is 2.48. The number of carbonyl (C=O) groups excluding carboxylic acids is 1. The molecule has 16 heavy (non-hydrogen) atoms. The Balaban J connectivity index is 2.17. The van der Waals surface area contributed by atoms with Crippen LogP contribution in [0.25, 0.3) is 0 Å². The maximum atomic E-state index is 11.9. The molecule has 0 unspecified atom stereocenters. The Kier molecular flexibility index (Phi) is 3.36. The zero-order chi connectivity index (χ0) is 11.5. The Morgan fingerprint density at radius 2 is 2.25 bits per heavy atom. The summed E-state index contributed by atoms with van der Waals surface area (Å²) < 4.78 is 0.954. The summed E-state index contributed by atoms with van der Waals surface area (Å²) in [5, 5.41) is 0. The molecule has 0 fully saturated rings. The molecule has 2 heterocycles. The highest BCUT2D eigenvalue weighted by Gasteiger charge is 2.11. The molecule has 0 atom stereocenters. The third-order valence-electron chi connectivity index (χ3n) is 2.13. The van der Waals surface area contributed by atoms with Crippen molar-refractivity contribution in [3.05, 3.63) is 44.7 Å². The number of hydrogen-bond acceptors (Lipinski definition) is 4. The predicted octanol–water partition coefficient (Wildman–Crippen LogP) is 2.91. The molecule has 0 aliphatic heterocycles. The summed E-state index contributed by atoms with van der Waals surface area (Å²) in [7, 11) is 0. The molecule has 5 heteroatoms. The summed E-state index contributed by atoms with van der Waals surface area (Å²) >= 11 is 4.76. The molecular weight excluding hydrogens is 288 g/mol. The van der Waals surface area contributed by atoms with E-state index in [1.54, 1.807) is 12.3 Å². The van der Waals surface area contributed by atoms with Gasteiger partial charge in [-0.3, -0.25) is 4.79 Å². The fraction of sp³-hybridized carbons (Fsp3) is 0.0909. The molecule has 2 N–H and O–H groups in total. The fourth-order valence-corrected chi connectivity index (χ4v) is 2.65. The van der Waals surface area contributed by atoms with Gasteiger partial charge in [-0.1, -0.05) is 6.07 Å². The SMILES string of the molecule is Nc1ncccc1CC(=O)c1ccc(Br)s1. The first kappa shape index (κ1) is 11.3. The number of halogens is 1. The average Bonchev–Trinajstić information content (AvgIpc) is 2.68. The van der Waals surface area contributed by atoms with Crippen molar-refractivity contribution >= 4 is 38.9 Å². The average molecular weight is 297 g/mol. The maximum Gasteiger partial charge on any atom is 0.177 e. The molecule has 0 amide bonds. The Morgan fingerprint density at radius 3 is 2.88 bits per heavy atom. The number of carbonyl (C=O) groups is 1. The Hall–Kier alpha value is -1.20. The van der Waals surface area contributed by atoms with E-state index in [1.807, 2.05) is 18.2 Å². The smallest absolute Gasteiger partial charge is 0.177 e. The number of Topliss-reactive ketones (excluding diaryl/α,β-unsaturated/α-hetero) is 1. The quantitative estimate of drug-likeness (QED) is 0.886. The van der Waals surface area contributed by atoms with Crippen LogP contribution >= 0.6 is 27.3 Å². The molecule has 82 valence electrons. The van der Waals surface area contributed by atoms with Crippen molar-refractivity contribution in [3.63, 3.8) is 0 Å². The molecule has 0 aliphatic rings. The highest BCUT2D eigenvalue weighted by molar-refractivity contribution is 9.11. The highest BCUT2D eigenvalue weighted by atomic mass is 79.9. The van der Waals surface area contributed by atoms with Gasteiger partial charge in [0.25, 0.3) is 0 Å². The standard InChI is InChI=1S/C11H9BrN2OS/c12-10-4-3-9(16-10)8(15)6-7-2-1-5-14-11(7)13/h1-5H,6H2,(H2,13,14). The van der Waals surface area contributed by atoms with Crippen molar-refractivity contribution < 1.29 is 4.79 Å². The van der Waals surface area contributed by atoms with E-state index >= 15 is 0 Å². The normalized spacial score (nSPS) is 10.3. The summed E-state index contributed by atoms with van der Waals surface area (Å²) in [6.07, 6.45) is 1.91. The zero-order valence-electron chi connectivity index (χ0n) is 8.31. The van der Waals surface area contributed by atoms with Crippen LogP contribution in [-0.4, -0.2) is 10.8 Å². The summed E-state index contributed by atoms with van der Waals surface area (Å²) in [6, 6.07) is 7.28. The number of nitrogen functional groups attached to an aromatic ring is 1. The largest absolute Gasteiger partial charge is 0.383 e. The summed E-state index contributed by atoms with van der Waals surface area (Å²) in [5.41, 5.74) is 6.46. The lowest BCUT2D eigenvalue weighted by Gasteiger charge is -2.01. The summed E-state index contributed by atoms with van der Waals surface area (Å²) in [4.78, 5) is 16.6. The van der Waals surface area contributed by atoms with Gasteiger partial charge in [0.2, 0.25) is 0 Å². The van der Waals surface area contributed by atoms with E-state index in [0.29, 0.717) is 12.2 Å². The van der Waals surface area contributed by atoms with Crippen molar-refractivity contribution in [2.75, 3.05) is 5.73 Å². The number of hydrogen-bond donors (Lipinski definition) is 1. The van der Waals surface area contributed by atoms with E-state index < -0.39 is 0 Å². The molecular formula is C11H9BrN2OS. The molecule has 0 spiro atoms.